The smallest absolute Gasteiger partial charge is 0.135 e. The minimum absolute atomic E-state index is 0.192. The van der Waals surface area contributed by atoms with E-state index in [-0.39, 0.29) is 5.41 Å². The van der Waals surface area contributed by atoms with E-state index in [0.29, 0.717) is 0 Å². The Balaban J connectivity index is 1.04. The van der Waals surface area contributed by atoms with E-state index in [2.05, 4.69) is 153 Å². The van der Waals surface area contributed by atoms with Crippen molar-refractivity contribution in [2.75, 3.05) is 0 Å². The van der Waals surface area contributed by atoms with Gasteiger partial charge in [-0.15, -0.1) is 22.7 Å². The van der Waals surface area contributed by atoms with Gasteiger partial charge in [-0.05, 0) is 111 Å². The molecule has 5 heteroatoms. The SMILES string of the molecule is CC1(C)c2cc(-c3cccc(-c4cc(-c5nc6ccccc6s5)cc(-c5nc6ccccc6s5)c4)c3)ccc2-c2ccc3oc4ccccc4c3c21. The maximum Gasteiger partial charge on any atom is 0.135 e. The van der Waals surface area contributed by atoms with Gasteiger partial charge in [0.1, 0.15) is 21.2 Å². The van der Waals surface area contributed by atoms with Gasteiger partial charge in [-0.2, -0.15) is 0 Å². The Bertz CT molecular complexity index is 2910. The molecule has 3 heterocycles. The number of benzene rings is 7. The molecule has 246 valence electrons. The molecule has 1 aliphatic rings. The summed E-state index contributed by atoms with van der Waals surface area (Å²) in [6.07, 6.45) is 0. The van der Waals surface area contributed by atoms with Gasteiger partial charge < -0.3 is 4.42 Å². The number of nitrogens with zero attached hydrogens (tertiary/aromatic N) is 2. The first-order valence-electron chi connectivity index (χ1n) is 17.6. The zero-order valence-electron chi connectivity index (χ0n) is 28.5. The molecule has 0 amide bonds. The molecule has 7 aromatic carbocycles. The predicted octanol–water partition coefficient (Wildman–Crippen LogP) is 13.8. The van der Waals surface area contributed by atoms with Gasteiger partial charge in [-0.1, -0.05) is 92.7 Å². The van der Waals surface area contributed by atoms with Crippen LogP contribution in [-0.2, 0) is 5.41 Å². The maximum absolute atomic E-state index is 6.32. The van der Waals surface area contributed by atoms with Crippen LogP contribution < -0.4 is 0 Å². The van der Waals surface area contributed by atoms with Crippen molar-refractivity contribution in [1.82, 2.24) is 9.97 Å². The number of thiazole rings is 2. The highest BCUT2D eigenvalue weighted by Gasteiger charge is 2.38. The first-order chi connectivity index (χ1) is 25.5. The first kappa shape index (κ1) is 29.8. The number of para-hydroxylation sites is 3. The number of hydrogen-bond acceptors (Lipinski definition) is 5. The normalized spacial score (nSPS) is 13.3. The Morgan fingerprint density at radius 3 is 1.77 bits per heavy atom. The van der Waals surface area contributed by atoms with E-state index >= 15 is 0 Å². The van der Waals surface area contributed by atoms with Gasteiger partial charge in [0, 0.05) is 27.3 Å². The van der Waals surface area contributed by atoms with E-state index in [0.717, 1.165) is 54.5 Å². The van der Waals surface area contributed by atoms with Crippen LogP contribution in [0.1, 0.15) is 25.0 Å². The van der Waals surface area contributed by atoms with Crippen LogP contribution in [0, 0.1) is 0 Å². The minimum atomic E-state index is -0.192. The number of rotatable bonds is 4. The molecule has 3 aromatic heterocycles. The van der Waals surface area contributed by atoms with Crippen LogP contribution >= 0.6 is 22.7 Å². The Kier molecular flexibility index (Phi) is 6.34. The van der Waals surface area contributed by atoms with Gasteiger partial charge in [0.25, 0.3) is 0 Å². The van der Waals surface area contributed by atoms with E-state index in [1.165, 1.54) is 53.6 Å². The molecule has 0 unspecified atom stereocenters. The first-order valence-corrected chi connectivity index (χ1v) is 19.2. The van der Waals surface area contributed by atoms with Crippen molar-refractivity contribution in [2.45, 2.75) is 19.3 Å². The number of furan rings is 1. The van der Waals surface area contributed by atoms with Crippen LogP contribution in [0.2, 0.25) is 0 Å². The lowest BCUT2D eigenvalue weighted by molar-refractivity contribution is 0.657. The zero-order chi connectivity index (χ0) is 34.6. The largest absolute Gasteiger partial charge is 0.456 e. The molecule has 1 aliphatic carbocycles. The molecule has 0 atom stereocenters. The van der Waals surface area contributed by atoms with Crippen LogP contribution in [0.25, 0.3) is 96.9 Å². The average Bonchev–Trinajstić information content (AvgIpc) is 3.96. The van der Waals surface area contributed by atoms with Crippen molar-refractivity contribution >= 4 is 65.0 Å². The molecule has 0 saturated heterocycles. The molecule has 0 N–H and O–H groups in total. The molecule has 52 heavy (non-hydrogen) atoms. The molecule has 0 saturated carbocycles. The molecule has 3 nitrogen and oxygen atoms in total. The standard InChI is InChI=1S/C47H30N2OS2/c1-47(2)36-26-29(18-19-33(36)34-20-21-40-43(44(34)47)35-12-3-6-15-39(35)50-40)27-10-9-11-28(22-27)30-23-31(45-48-37-13-4-7-16-41(37)51-45)25-32(24-30)46-49-38-14-5-8-17-42(38)52-46/h3-26H,1-2H3. The fraction of sp³-hybridized carbons (Fsp3) is 0.0638. The summed E-state index contributed by atoms with van der Waals surface area (Å²) in [6.45, 7) is 4.71. The van der Waals surface area contributed by atoms with Crippen molar-refractivity contribution in [3.05, 3.63) is 157 Å². The van der Waals surface area contributed by atoms with Crippen LogP contribution in [0.3, 0.4) is 0 Å². The second kappa shape index (κ2) is 11.1. The highest BCUT2D eigenvalue weighted by Crippen LogP contribution is 2.54. The summed E-state index contributed by atoms with van der Waals surface area (Å²) in [5, 5.41) is 4.44. The summed E-state index contributed by atoms with van der Waals surface area (Å²) in [4.78, 5) is 10.1. The minimum Gasteiger partial charge on any atom is -0.456 e. The van der Waals surface area contributed by atoms with E-state index < -0.39 is 0 Å². The Labute approximate surface area is 308 Å². The van der Waals surface area contributed by atoms with Crippen LogP contribution in [-0.4, -0.2) is 9.97 Å². The van der Waals surface area contributed by atoms with E-state index in [1.54, 1.807) is 22.7 Å². The molecular formula is C47H30N2OS2. The fourth-order valence-corrected chi connectivity index (χ4v) is 10.1. The predicted molar refractivity (Wildman–Crippen MR) is 219 cm³/mol. The Hall–Kier alpha value is -5.88. The summed E-state index contributed by atoms with van der Waals surface area (Å²) in [7, 11) is 0. The highest BCUT2D eigenvalue weighted by atomic mass is 32.1. The van der Waals surface area contributed by atoms with E-state index in [9.17, 15) is 0 Å². The third kappa shape index (κ3) is 4.49. The van der Waals surface area contributed by atoms with Gasteiger partial charge in [0.15, 0.2) is 0 Å². The van der Waals surface area contributed by atoms with Crippen molar-refractivity contribution < 1.29 is 4.42 Å². The van der Waals surface area contributed by atoms with Crippen LogP contribution in [0.15, 0.2) is 150 Å². The van der Waals surface area contributed by atoms with E-state index in [4.69, 9.17) is 14.4 Å². The fourth-order valence-electron chi connectivity index (χ4n) is 8.21. The molecule has 0 radical (unpaired) electrons. The quantitative estimate of drug-likeness (QED) is 0.183. The number of hydrogen-bond donors (Lipinski definition) is 0. The summed E-state index contributed by atoms with van der Waals surface area (Å²) >= 11 is 3.47. The van der Waals surface area contributed by atoms with Gasteiger partial charge in [-0.3, -0.25) is 0 Å². The molecule has 0 fully saturated rings. The lowest BCUT2D eigenvalue weighted by Gasteiger charge is -2.23. The Morgan fingerprint density at radius 1 is 0.481 bits per heavy atom. The summed E-state index contributed by atoms with van der Waals surface area (Å²) in [6, 6.07) is 52.3. The maximum atomic E-state index is 6.32. The van der Waals surface area contributed by atoms with Crippen molar-refractivity contribution in [3.8, 4) is 54.5 Å². The highest BCUT2D eigenvalue weighted by molar-refractivity contribution is 7.22. The van der Waals surface area contributed by atoms with Gasteiger partial charge in [0.2, 0.25) is 0 Å². The van der Waals surface area contributed by atoms with Crippen molar-refractivity contribution in [1.29, 1.82) is 0 Å². The second-order valence-corrected chi connectivity index (χ2v) is 16.3. The summed E-state index contributed by atoms with van der Waals surface area (Å²) in [5.41, 5.74) is 16.0. The van der Waals surface area contributed by atoms with Crippen molar-refractivity contribution in [3.63, 3.8) is 0 Å². The monoisotopic (exact) mass is 702 g/mol. The molecule has 11 rings (SSSR count). The zero-order valence-corrected chi connectivity index (χ0v) is 30.1. The summed E-state index contributed by atoms with van der Waals surface area (Å²) < 4.78 is 8.69. The Morgan fingerprint density at radius 2 is 1.06 bits per heavy atom. The second-order valence-electron chi connectivity index (χ2n) is 14.2. The lowest BCUT2D eigenvalue weighted by Crippen LogP contribution is -2.15. The van der Waals surface area contributed by atoms with Crippen LogP contribution in [0.5, 0.6) is 0 Å². The van der Waals surface area contributed by atoms with Crippen molar-refractivity contribution in [2.24, 2.45) is 0 Å². The summed E-state index contributed by atoms with van der Waals surface area (Å²) in [5.74, 6) is 0. The van der Waals surface area contributed by atoms with Gasteiger partial charge in [-0.25, -0.2) is 9.97 Å². The number of aromatic nitrogens is 2. The molecule has 0 aliphatic heterocycles. The average molecular weight is 703 g/mol. The van der Waals surface area contributed by atoms with Gasteiger partial charge >= 0.3 is 0 Å². The molecule has 0 spiro atoms. The molecular weight excluding hydrogens is 673 g/mol. The third-order valence-electron chi connectivity index (χ3n) is 10.7. The lowest BCUT2D eigenvalue weighted by atomic mass is 9.79. The topological polar surface area (TPSA) is 38.9 Å². The van der Waals surface area contributed by atoms with Gasteiger partial charge in [0.05, 0.1) is 20.4 Å². The van der Waals surface area contributed by atoms with Crippen LogP contribution in [0.4, 0.5) is 0 Å². The third-order valence-corrected chi connectivity index (χ3v) is 12.9. The number of fused-ring (bicyclic) bond motifs is 9. The van der Waals surface area contributed by atoms with E-state index in [1.807, 2.05) is 6.07 Å². The molecule has 10 aromatic rings. The molecule has 0 bridgehead atoms.